The van der Waals surface area contributed by atoms with E-state index >= 15 is 0 Å². The summed E-state index contributed by atoms with van der Waals surface area (Å²) in [5.74, 6) is -1.49. The van der Waals surface area contributed by atoms with Crippen LogP contribution in [0.3, 0.4) is 0 Å². The Hall–Kier alpha value is -3.80. The summed E-state index contributed by atoms with van der Waals surface area (Å²) in [4.78, 5) is 35.3. The van der Waals surface area contributed by atoms with Gasteiger partial charge in [0.15, 0.2) is 5.82 Å². The first-order chi connectivity index (χ1) is 18.9. The summed E-state index contributed by atoms with van der Waals surface area (Å²) in [6, 6.07) is 3.43. The van der Waals surface area contributed by atoms with Gasteiger partial charge < -0.3 is 34.6 Å². The van der Waals surface area contributed by atoms with Crippen LogP contribution >= 0.6 is 0 Å². The van der Waals surface area contributed by atoms with Crippen molar-refractivity contribution in [2.24, 2.45) is 10.9 Å². The molecule has 0 aromatic carbocycles. The molecule has 0 spiro atoms. The number of aliphatic imine (C=N–C) groups is 1. The second-order valence-corrected chi connectivity index (χ2v) is 10.5. The third kappa shape index (κ3) is 6.44. The van der Waals surface area contributed by atoms with Crippen LogP contribution in [0.2, 0.25) is 0 Å². The number of rotatable bonds is 8. The van der Waals surface area contributed by atoms with Crippen molar-refractivity contribution >= 4 is 29.7 Å². The van der Waals surface area contributed by atoms with Crippen molar-refractivity contribution in [3.05, 3.63) is 24.2 Å². The molecule has 2 aromatic rings. The van der Waals surface area contributed by atoms with E-state index in [0.717, 1.165) is 0 Å². The van der Waals surface area contributed by atoms with E-state index < -0.39 is 60.1 Å². The number of aliphatic hydroxyl groups excluding tert-OH is 2. The number of aromatic nitrogens is 3. The first kappa shape index (κ1) is 26.8. The van der Waals surface area contributed by atoms with Crippen LogP contribution in [-0.2, 0) is 24.6 Å². The highest BCUT2D eigenvalue weighted by molar-refractivity contribution is 5.81. The molecule has 1 fully saturated rings. The molecule has 2 aromatic heterocycles. The first-order valence-corrected chi connectivity index (χ1v) is 12.1. The van der Waals surface area contributed by atoms with E-state index in [9.17, 15) is 25.1 Å². The van der Waals surface area contributed by atoms with E-state index in [1.807, 2.05) is 6.07 Å². The van der Waals surface area contributed by atoms with Gasteiger partial charge in [-0.1, -0.05) is 13.8 Å². The Balaban J connectivity index is 1.91. The molecule has 212 valence electrons. The fourth-order valence-corrected chi connectivity index (χ4v) is 3.78. The maximum atomic E-state index is 13.0. The number of fused-ring (bicyclic) bond motifs is 1. The summed E-state index contributed by atoms with van der Waals surface area (Å²) in [5, 5.41) is 38.5. The maximum Gasteiger partial charge on any atom is 0.408 e. The van der Waals surface area contributed by atoms with Gasteiger partial charge in [-0.3, -0.25) is 0 Å². The molecule has 39 heavy (non-hydrogen) atoms. The average molecular weight is 548 g/mol. The molecule has 14 nitrogen and oxygen atoms in total. The van der Waals surface area contributed by atoms with Crippen molar-refractivity contribution in [1.29, 1.82) is 5.26 Å². The van der Waals surface area contributed by atoms with E-state index in [0.29, 0.717) is 5.52 Å². The summed E-state index contributed by atoms with van der Waals surface area (Å²) in [7, 11) is 3.52. The predicted molar refractivity (Wildman–Crippen MR) is 138 cm³/mol. The zero-order chi connectivity index (χ0) is 30.9. The smallest absolute Gasteiger partial charge is 0.408 e. The Kier molecular flexibility index (Phi) is 7.92. The Morgan fingerprint density at radius 1 is 1.41 bits per heavy atom. The van der Waals surface area contributed by atoms with Crippen molar-refractivity contribution in [3.63, 3.8) is 0 Å². The summed E-state index contributed by atoms with van der Waals surface area (Å²) in [6.45, 7) is 5.05. The second kappa shape index (κ2) is 11.5. The molecule has 0 saturated carbocycles. The largest absolute Gasteiger partial charge is 0.461 e. The minimum atomic E-state index is -3.05. The third-order valence-electron chi connectivity index (χ3n) is 5.62. The van der Waals surface area contributed by atoms with Crippen LogP contribution in [-0.4, -0.2) is 98.7 Å². The Bertz CT molecular complexity index is 1350. The van der Waals surface area contributed by atoms with Crippen molar-refractivity contribution < 1.29 is 36.8 Å². The molecule has 1 aliphatic rings. The fraction of sp³-hybridized carbons (Fsp3) is 0.600. The van der Waals surface area contributed by atoms with Crippen LogP contribution in [0, 0.1) is 17.2 Å². The number of ether oxygens (including phenoxy) is 3. The van der Waals surface area contributed by atoms with Gasteiger partial charge in [0.05, 0.1) is 14.8 Å². The summed E-state index contributed by atoms with van der Waals surface area (Å²) < 4.78 is 34.0. The Labute approximate surface area is 229 Å². The number of aliphatic hydroxyl groups is 2. The molecule has 3 rings (SSSR count). The molecule has 1 saturated heterocycles. The summed E-state index contributed by atoms with van der Waals surface area (Å²) in [5.41, 5.74) is -2.87. The highest BCUT2D eigenvalue weighted by Crippen LogP contribution is 2.40. The zero-order valence-corrected chi connectivity index (χ0v) is 22.8. The van der Waals surface area contributed by atoms with Crippen LogP contribution < -0.4 is 5.32 Å². The number of esters is 1. The van der Waals surface area contributed by atoms with Crippen molar-refractivity contribution in [3.8, 4) is 6.07 Å². The number of hydrogen-bond acceptors (Lipinski definition) is 11. The van der Waals surface area contributed by atoms with E-state index in [-0.39, 0.29) is 11.5 Å². The average Bonchev–Trinajstić information content (AvgIpc) is 3.40. The number of nitriles is 1. The standard InChI is InChI=1S/C25H35N7O7/c1-14(2)18(30-23(36)39-24(3,4)5)22(35)37-10-16-19(33)20(34)25(11-26,38-16)17-9-8-15-21(28-13-31(6)7)27-12-29-32(15)17/h8-9,12-14,16,18-20,33-34H,10H2,1-7H3,(H,30,36)/t16-,18+,19-,20-,25+/m1/s1/i10D2. The first-order valence-electron chi connectivity index (χ1n) is 13.1. The molecule has 0 aliphatic carbocycles. The van der Waals surface area contributed by atoms with Crippen LogP contribution in [0.1, 0.15) is 43.1 Å². The van der Waals surface area contributed by atoms with Crippen molar-refractivity contribution in [1.82, 2.24) is 24.8 Å². The van der Waals surface area contributed by atoms with E-state index in [4.69, 9.17) is 17.0 Å². The maximum absolute atomic E-state index is 13.0. The number of nitrogens with zero attached hydrogens (tertiary/aromatic N) is 6. The molecule has 3 heterocycles. The van der Waals surface area contributed by atoms with Gasteiger partial charge in [0.1, 0.15) is 54.4 Å². The molecule has 3 N–H and O–H groups in total. The third-order valence-corrected chi connectivity index (χ3v) is 5.62. The highest BCUT2D eigenvalue weighted by atomic mass is 16.6. The number of carbonyl (C=O) groups excluding carboxylic acids is 2. The molecule has 14 heteroatoms. The fourth-order valence-electron chi connectivity index (χ4n) is 3.78. The van der Waals surface area contributed by atoms with Gasteiger partial charge in [-0.05, 0) is 38.8 Å². The van der Waals surface area contributed by atoms with E-state index in [2.05, 4.69) is 20.4 Å². The molecular weight excluding hydrogens is 510 g/mol. The molecule has 1 amide bonds. The van der Waals surface area contributed by atoms with Crippen molar-refractivity contribution in [2.75, 3.05) is 20.7 Å². The lowest BCUT2D eigenvalue weighted by molar-refractivity contribution is -0.154. The van der Waals surface area contributed by atoms with Crippen LogP contribution in [0.4, 0.5) is 10.6 Å². The van der Waals surface area contributed by atoms with Gasteiger partial charge in [0, 0.05) is 14.1 Å². The molecule has 0 unspecified atom stereocenters. The van der Waals surface area contributed by atoms with E-state index in [1.54, 1.807) is 53.6 Å². The Morgan fingerprint density at radius 2 is 2.10 bits per heavy atom. The number of alkyl carbamates (subject to hydrolysis) is 1. The monoisotopic (exact) mass is 547 g/mol. The molecular formula is C25H35N7O7. The van der Waals surface area contributed by atoms with Crippen LogP contribution in [0.5, 0.6) is 0 Å². The highest BCUT2D eigenvalue weighted by Gasteiger charge is 2.58. The van der Waals surface area contributed by atoms with Gasteiger partial charge in [-0.2, -0.15) is 10.4 Å². The zero-order valence-electron chi connectivity index (χ0n) is 24.8. The molecule has 0 radical (unpaired) electrons. The van der Waals surface area contributed by atoms with Crippen LogP contribution in [0.15, 0.2) is 23.5 Å². The number of hydrogen-bond donors (Lipinski definition) is 3. The van der Waals surface area contributed by atoms with Gasteiger partial charge in [-0.15, -0.1) is 0 Å². The minimum Gasteiger partial charge on any atom is -0.461 e. The van der Waals surface area contributed by atoms with E-state index in [1.165, 1.54) is 29.3 Å². The molecule has 5 atom stereocenters. The topological polar surface area (TPSA) is 184 Å². The Morgan fingerprint density at radius 3 is 2.69 bits per heavy atom. The molecule has 1 aliphatic heterocycles. The lowest BCUT2D eigenvalue weighted by atomic mass is 9.92. The SMILES string of the molecule is [2H]C([2H])(OC(=O)[C@@H](NC(=O)OC(C)(C)C)C(C)C)[C@H]1O[C@@](C#N)(c2ccc3c(N=CN(C)C)ncnn23)[C@H](O)[C@@H]1O. The summed E-state index contributed by atoms with van der Waals surface area (Å²) >= 11 is 0. The predicted octanol–water partition coefficient (Wildman–Crippen LogP) is 0.883. The lowest BCUT2D eigenvalue weighted by Crippen LogP contribution is -2.48. The minimum absolute atomic E-state index is 0.0403. The van der Waals surface area contributed by atoms with Gasteiger partial charge in [0.2, 0.25) is 5.60 Å². The number of carbonyl (C=O) groups is 2. The number of nitrogens with one attached hydrogen (secondary N) is 1. The van der Waals surface area contributed by atoms with Crippen molar-refractivity contribution in [2.45, 2.75) is 70.2 Å². The lowest BCUT2D eigenvalue weighted by Gasteiger charge is -2.25. The van der Waals surface area contributed by atoms with Crippen LogP contribution in [0.25, 0.3) is 5.52 Å². The van der Waals surface area contributed by atoms with Gasteiger partial charge >= 0.3 is 12.1 Å². The normalized spacial score (nSPS) is 25.2. The van der Waals surface area contributed by atoms with Gasteiger partial charge in [-0.25, -0.2) is 24.1 Å². The second-order valence-electron chi connectivity index (χ2n) is 10.5. The summed E-state index contributed by atoms with van der Waals surface area (Å²) in [6.07, 6.45) is -4.23. The number of amides is 1. The van der Waals surface area contributed by atoms with Gasteiger partial charge in [0.25, 0.3) is 0 Å². The molecule has 0 bridgehead atoms. The quantitative estimate of drug-likeness (QED) is 0.242.